The molecule has 1 aromatic heterocycles. The predicted octanol–water partition coefficient (Wildman–Crippen LogP) is 4.36. The summed E-state index contributed by atoms with van der Waals surface area (Å²) in [5.41, 5.74) is 1.33. The van der Waals surface area contributed by atoms with Crippen molar-refractivity contribution in [3.8, 4) is 0 Å². The number of halogens is 2. The molecule has 0 aliphatic carbocycles. The summed E-state index contributed by atoms with van der Waals surface area (Å²) >= 11 is 13.0. The zero-order chi connectivity index (χ0) is 21.3. The molecule has 2 heterocycles. The standard InChI is InChI=1S/C19H16Cl2N4O3S2.2H2/c20-16-6-1-12(9-17(16)21)18(26)23-13-10-25(11-13)14-2-4-15(5-3-14)30(27,28)24-19-22-7-8-29-19;;/h1-9,13H,10-11H2,(H,22,24)(H,23,26);2*1H. The number of hydrogen-bond acceptors (Lipinski definition) is 6. The van der Waals surface area contributed by atoms with Crippen LogP contribution in [0.2, 0.25) is 10.0 Å². The number of benzene rings is 2. The van der Waals surface area contributed by atoms with Crippen molar-refractivity contribution < 1.29 is 16.1 Å². The first-order valence-electron chi connectivity index (χ1n) is 8.85. The number of thiazole rings is 1. The number of amides is 1. The predicted molar refractivity (Wildman–Crippen MR) is 124 cm³/mol. The number of anilines is 2. The molecular formula is C19H20Cl2N4O3S2. The van der Waals surface area contributed by atoms with Gasteiger partial charge >= 0.3 is 0 Å². The van der Waals surface area contributed by atoms with Gasteiger partial charge in [0.25, 0.3) is 15.9 Å². The molecule has 1 aliphatic rings. The average molecular weight is 487 g/mol. The second-order valence-electron chi connectivity index (χ2n) is 6.64. The highest BCUT2D eigenvalue weighted by atomic mass is 35.5. The number of sulfonamides is 1. The van der Waals surface area contributed by atoms with Gasteiger partial charge in [0.1, 0.15) is 0 Å². The zero-order valence-corrected chi connectivity index (χ0v) is 18.5. The molecule has 0 bridgehead atoms. The fraction of sp³-hybridized carbons (Fsp3) is 0.158. The van der Waals surface area contributed by atoms with Gasteiger partial charge in [-0.15, -0.1) is 11.3 Å². The molecule has 0 spiro atoms. The Morgan fingerprint density at radius 1 is 1.13 bits per heavy atom. The van der Waals surface area contributed by atoms with Crippen molar-refractivity contribution in [2.45, 2.75) is 10.9 Å². The number of hydrogen-bond donors (Lipinski definition) is 2. The van der Waals surface area contributed by atoms with E-state index in [2.05, 4.69) is 15.0 Å². The lowest BCUT2D eigenvalue weighted by molar-refractivity contribution is 0.0930. The maximum atomic E-state index is 12.4. The van der Waals surface area contributed by atoms with Gasteiger partial charge < -0.3 is 10.2 Å². The summed E-state index contributed by atoms with van der Waals surface area (Å²) in [5.74, 6) is -0.215. The molecule has 0 radical (unpaired) electrons. The van der Waals surface area contributed by atoms with Gasteiger partial charge in [-0.05, 0) is 42.5 Å². The minimum atomic E-state index is -3.68. The molecule has 0 unspecified atom stereocenters. The second kappa shape index (κ2) is 8.43. The molecule has 11 heteroatoms. The molecule has 30 heavy (non-hydrogen) atoms. The van der Waals surface area contributed by atoms with Crippen molar-refractivity contribution >= 4 is 61.3 Å². The van der Waals surface area contributed by atoms with Gasteiger partial charge in [-0.25, -0.2) is 13.4 Å². The Labute approximate surface area is 190 Å². The van der Waals surface area contributed by atoms with Crippen molar-refractivity contribution in [3.63, 3.8) is 0 Å². The Morgan fingerprint density at radius 2 is 1.87 bits per heavy atom. The average Bonchev–Trinajstić information content (AvgIpc) is 3.18. The summed E-state index contributed by atoms with van der Waals surface area (Å²) in [6.07, 6.45) is 1.53. The van der Waals surface area contributed by atoms with Gasteiger partial charge in [0.2, 0.25) is 0 Å². The van der Waals surface area contributed by atoms with Crippen molar-refractivity contribution in [1.29, 1.82) is 0 Å². The molecule has 1 amide bonds. The number of carbonyl (C=O) groups is 1. The van der Waals surface area contributed by atoms with Crippen molar-refractivity contribution in [3.05, 3.63) is 69.7 Å². The third-order valence-corrected chi connectivity index (χ3v) is 7.48. The maximum absolute atomic E-state index is 12.4. The summed E-state index contributed by atoms with van der Waals surface area (Å²) in [5, 5.41) is 5.69. The van der Waals surface area contributed by atoms with Crippen LogP contribution in [0.25, 0.3) is 0 Å². The Bertz CT molecular complexity index is 1170. The number of aromatic nitrogens is 1. The highest BCUT2D eigenvalue weighted by Gasteiger charge is 2.29. The van der Waals surface area contributed by atoms with Gasteiger partial charge in [-0.2, -0.15) is 0 Å². The highest BCUT2D eigenvalue weighted by molar-refractivity contribution is 7.93. The first-order chi connectivity index (χ1) is 14.3. The molecule has 0 atom stereocenters. The lowest BCUT2D eigenvalue weighted by atomic mass is 10.1. The van der Waals surface area contributed by atoms with E-state index in [9.17, 15) is 13.2 Å². The van der Waals surface area contributed by atoms with E-state index in [1.54, 1.807) is 41.8 Å². The summed E-state index contributed by atoms with van der Waals surface area (Å²) < 4.78 is 27.2. The molecule has 0 saturated carbocycles. The first kappa shape index (κ1) is 20.9. The van der Waals surface area contributed by atoms with Gasteiger partial charge in [0.15, 0.2) is 5.13 Å². The fourth-order valence-electron chi connectivity index (χ4n) is 2.97. The number of nitrogens with one attached hydrogen (secondary N) is 2. The molecule has 2 aromatic carbocycles. The zero-order valence-electron chi connectivity index (χ0n) is 15.4. The normalized spacial score (nSPS) is 14.3. The highest BCUT2D eigenvalue weighted by Crippen LogP contribution is 2.25. The Balaban J connectivity index is 0.00000181. The third-order valence-electron chi connectivity index (χ3n) is 4.56. The number of carbonyl (C=O) groups excluding carboxylic acids is 1. The van der Waals surface area contributed by atoms with Crippen molar-refractivity contribution in [2.75, 3.05) is 22.7 Å². The summed E-state index contributed by atoms with van der Waals surface area (Å²) in [7, 11) is -3.68. The molecule has 160 valence electrons. The second-order valence-corrected chi connectivity index (χ2v) is 10.0. The maximum Gasteiger partial charge on any atom is 0.263 e. The van der Waals surface area contributed by atoms with E-state index in [0.29, 0.717) is 33.8 Å². The van der Waals surface area contributed by atoms with Gasteiger partial charge in [0, 0.05) is 38.8 Å². The summed E-state index contributed by atoms with van der Waals surface area (Å²) in [4.78, 5) is 18.5. The minimum absolute atomic E-state index is 0. The molecular weight excluding hydrogens is 467 g/mol. The lowest BCUT2D eigenvalue weighted by Gasteiger charge is -2.41. The molecule has 1 aliphatic heterocycles. The van der Waals surface area contributed by atoms with Crippen LogP contribution in [-0.4, -0.2) is 38.4 Å². The largest absolute Gasteiger partial charge is 0.367 e. The summed E-state index contributed by atoms with van der Waals surface area (Å²) in [6, 6.07) is 11.3. The molecule has 4 rings (SSSR count). The molecule has 1 fully saturated rings. The van der Waals surface area contributed by atoms with Crippen LogP contribution in [0.4, 0.5) is 10.8 Å². The number of nitrogens with zero attached hydrogens (tertiary/aromatic N) is 2. The SMILES string of the molecule is O=C(NC1CN(c2ccc(S(=O)(=O)Nc3nccs3)cc2)C1)c1ccc(Cl)c(Cl)c1.[HH].[HH]. The van der Waals surface area contributed by atoms with Crippen LogP contribution >= 0.6 is 34.5 Å². The first-order valence-corrected chi connectivity index (χ1v) is 12.0. The van der Waals surface area contributed by atoms with Crippen LogP contribution in [0.3, 0.4) is 0 Å². The van der Waals surface area contributed by atoms with Crippen LogP contribution in [0.15, 0.2) is 58.9 Å². The molecule has 7 nitrogen and oxygen atoms in total. The fourth-order valence-corrected chi connectivity index (χ4v) is 5.06. The van der Waals surface area contributed by atoms with Gasteiger partial charge in [-0.3, -0.25) is 9.52 Å². The Hall–Kier alpha value is -2.33. The minimum Gasteiger partial charge on any atom is -0.367 e. The van der Waals surface area contributed by atoms with Gasteiger partial charge in [-0.1, -0.05) is 23.2 Å². The van der Waals surface area contributed by atoms with E-state index in [4.69, 9.17) is 23.2 Å². The van der Waals surface area contributed by atoms with E-state index in [1.165, 1.54) is 23.6 Å². The van der Waals surface area contributed by atoms with Crippen LogP contribution in [0, 0.1) is 0 Å². The Morgan fingerprint density at radius 3 is 2.50 bits per heavy atom. The van der Waals surface area contributed by atoms with Crippen LogP contribution in [-0.2, 0) is 10.0 Å². The molecule has 1 saturated heterocycles. The molecule has 3 aromatic rings. The van der Waals surface area contributed by atoms with Crippen LogP contribution in [0.5, 0.6) is 0 Å². The third kappa shape index (κ3) is 4.54. The van der Waals surface area contributed by atoms with E-state index in [0.717, 1.165) is 5.69 Å². The molecule has 2 N–H and O–H groups in total. The van der Waals surface area contributed by atoms with E-state index in [-0.39, 0.29) is 19.7 Å². The number of rotatable bonds is 6. The summed E-state index contributed by atoms with van der Waals surface area (Å²) in [6.45, 7) is 1.24. The van der Waals surface area contributed by atoms with Gasteiger partial charge in [0.05, 0.1) is 21.0 Å². The Kier molecular flexibility index (Phi) is 5.88. The van der Waals surface area contributed by atoms with Crippen molar-refractivity contribution in [1.82, 2.24) is 10.3 Å². The monoisotopic (exact) mass is 486 g/mol. The van der Waals surface area contributed by atoms with E-state index < -0.39 is 10.0 Å². The van der Waals surface area contributed by atoms with Crippen LogP contribution in [0.1, 0.15) is 13.2 Å². The smallest absolute Gasteiger partial charge is 0.263 e. The van der Waals surface area contributed by atoms with Crippen LogP contribution < -0.4 is 14.9 Å². The van der Waals surface area contributed by atoms with E-state index in [1.807, 2.05) is 4.90 Å². The van der Waals surface area contributed by atoms with E-state index >= 15 is 0 Å². The topological polar surface area (TPSA) is 91.4 Å². The van der Waals surface area contributed by atoms with Crippen molar-refractivity contribution in [2.24, 2.45) is 0 Å². The lowest BCUT2D eigenvalue weighted by Crippen LogP contribution is -2.59. The quantitative estimate of drug-likeness (QED) is 0.539.